The Kier molecular flexibility index (Phi) is 5.79. The lowest BCUT2D eigenvalue weighted by Gasteiger charge is -2.30. The molecule has 0 aliphatic heterocycles. The molecule has 1 unspecified atom stereocenters. The van der Waals surface area contributed by atoms with E-state index in [0.29, 0.717) is 11.7 Å². The SMILES string of the molecule is Cc1ccc(S(=O)C[C@@H](C)[C@@H](O)C2CCCCC2)cc1. The van der Waals surface area contributed by atoms with Crippen LogP contribution in [-0.4, -0.2) is 21.2 Å². The monoisotopic (exact) mass is 294 g/mol. The van der Waals surface area contributed by atoms with Gasteiger partial charge in [-0.05, 0) is 43.7 Å². The number of hydrogen-bond acceptors (Lipinski definition) is 2. The number of benzene rings is 1. The lowest BCUT2D eigenvalue weighted by atomic mass is 9.81. The average molecular weight is 294 g/mol. The molecule has 1 fully saturated rings. The summed E-state index contributed by atoms with van der Waals surface area (Å²) in [5, 5.41) is 10.4. The molecule has 0 aromatic heterocycles. The number of rotatable bonds is 5. The summed E-state index contributed by atoms with van der Waals surface area (Å²) in [6, 6.07) is 7.86. The molecule has 1 aromatic rings. The highest BCUT2D eigenvalue weighted by atomic mass is 32.2. The van der Waals surface area contributed by atoms with Gasteiger partial charge in [-0.25, -0.2) is 0 Å². The summed E-state index contributed by atoms with van der Waals surface area (Å²) in [6.45, 7) is 4.06. The van der Waals surface area contributed by atoms with Crippen molar-refractivity contribution in [2.45, 2.75) is 57.0 Å². The first-order valence-electron chi connectivity index (χ1n) is 7.71. The molecule has 3 heteroatoms. The van der Waals surface area contributed by atoms with Gasteiger partial charge in [-0.2, -0.15) is 0 Å². The van der Waals surface area contributed by atoms with Crippen molar-refractivity contribution >= 4 is 10.8 Å². The highest BCUT2D eigenvalue weighted by Crippen LogP contribution is 2.30. The minimum Gasteiger partial charge on any atom is -0.393 e. The third-order valence-corrected chi connectivity index (χ3v) is 6.04. The summed E-state index contributed by atoms with van der Waals surface area (Å²) in [7, 11) is -1.01. The maximum Gasteiger partial charge on any atom is 0.0602 e. The number of hydrogen-bond donors (Lipinski definition) is 1. The Bertz CT molecular complexity index is 435. The zero-order valence-corrected chi connectivity index (χ0v) is 13.4. The number of aliphatic hydroxyl groups is 1. The fourth-order valence-corrected chi connectivity index (χ4v) is 4.37. The predicted octanol–water partition coefficient (Wildman–Crippen LogP) is 3.68. The Labute approximate surface area is 125 Å². The second-order valence-corrected chi connectivity index (χ2v) is 7.69. The van der Waals surface area contributed by atoms with Crippen molar-refractivity contribution in [1.29, 1.82) is 0 Å². The van der Waals surface area contributed by atoms with E-state index in [0.717, 1.165) is 17.7 Å². The summed E-state index contributed by atoms with van der Waals surface area (Å²) in [5.74, 6) is 1.06. The molecule has 1 aromatic carbocycles. The van der Waals surface area contributed by atoms with Crippen molar-refractivity contribution in [2.24, 2.45) is 11.8 Å². The van der Waals surface area contributed by atoms with Crippen LogP contribution in [0.2, 0.25) is 0 Å². The van der Waals surface area contributed by atoms with Crippen LogP contribution in [0.3, 0.4) is 0 Å². The van der Waals surface area contributed by atoms with Gasteiger partial charge in [-0.1, -0.05) is 43.9 Å². The zero-order valence-electron chi connectivity index (χ0n) is 12.5. The fraction of sp³-hybridized carbons (Fsp3) is 0.647. The largest absolute Gasteiger partial charge is 0.393 e. The molecule has 0 radical (unpaired) electrons. The van der Waals surface area contributed by atoms with Crippen LogP contribution >= 0.6 is 0 Å². The topological polar surface area (TPSA) is 37.3 Å². The Morgan fingerprint density at radius 3 is 2.40 bits per heavy atom. The van der Waals surface area contributed by atoms with E-state index in [9.17, 15) is 9.32 Å². The van der Waals surface area contributed by atoms with Crippen LogP contribution in [0.1, 0.15) is 44.6 Å². The Morgan fingerprint density at radius 2 is 1.80 bits per heavy atom. The van der Waals surface area contributed by atoms with Gasteiger partial charge in [0.2, 0.25) is 0 Å². The molecule has 1 saturated carbocycles. The molecule has 0 heterocycles. The van der Waals surface area contributed by atoms with Crippen molar-refractivity contribution in [3.05, 3.63) is 29.8 Å². The normalized spacial score (nSPS) is 21.4. The summed E-state index contributed by atoms with van der Waals surface area (Å²) in [5.41, 5.74) is 1.18. The second-order valence-electron chi connectivity index (χ2n) is 6.19. The summed E-state index contributed by atoms with van der Waals surface area (Å²) >= 11 is 0. The molecule has 3 atom stereocenters. The highest BCUT2D eigenvalue weighted by molar-refractivity contribution is 7.85. The first-order valence-corrected chi connectivity index (χ1v) is 9.03. The minimum absolute atomic E-state index is 0.0974. The molecule has 20 heavy (non-hydrogen) atoms. The predicted molar refractivity (Wildman–Crippen MR) is 84.2 cm³/mol. The lowest BCUT2D eigenvalue weighted by molar-refractivity contribution is 0.0476. The molecule has 112 valence electrons. The molecule has 0 bridgehead atoms. The zero-order chi connectivity index (χ0) is 14.5. The molecule has 0 saturated heterocycles. The van der Waals surface area contributed by atoms with Gasteiger partial charge < -0.3 is 5.11 Å². The van der Waals surface area contributed by atoms with E-state index in [1.54, 1.807) is 0 Å². The van der Waals surface area contributed by atoms with Crippen LogP contribution < -0.4 is 0 Å². The van der Waals surface area contributed by atoms with Crippen LogP contribution in [-0.2, 0) is 10.8 Å². The molecule has 1 aliphatic carbocycles. The molecule has 2 nitrogen and oxygen atoms in total. The molecular weight excluding hydrogens is 268 g/mol. The second kappa shape index (κ2) is 7.37. The lowest BCUT2D eigenvalue weighted by Crippen LogP contribution is -2.32. The number of aliphatic hydroxyl groups excluding tert-OH is 1. The van der Waals surface area contributed by atoms with Crippen molar-refractivity contribution < 1.29 is 9.32 Å². The van der Waals surface area contributed by atoms with Gasteiger partial charge in [0.05, 0.1) is 16.9 Å². The highest BCUT2D eigenvalue weighted by Gasteiger charge is 2.27. The van der Waals surface area contributed by atoms with Gasteiger partial charge in [0.25, 0.3) is 0 Å². The fourth-order valence-electron chi connectivity index (χ4n) is 3.06. The van der Waals surface area contributed by atoms with Gasteiger partial charge in [0.1, 0.15) is 0 Å². The van der Waals surface area contributed by atoms with E-state index in [1.165, 1.54) is 24.8 Å². The van der Waals surface area contributed by atoms with Crippen molar-refractivity contribution in [3.8, 4) is 0 Å². The van der Waals surface area contributed by atoms with Gasteiger partial charge in [-0.3, -0.25) is 4.21 Å². The minimum atomic E-state index is -1.01. The van der Waals surface area contributed by atoms with Crippen LogP contribution in [0.4, 0.5) is 0 Å². The maximum atomic E-state index is 12.4. The van der Waals surface area contributed by atoms with Crippen LogP contribution in [0.15, 0.2) is 29.2 Å². The first-order chi connectivity index (χ1) is 9.58. The van der Waals surface area contributed by atoms with Crippen molar-refractivity contribution in [1.82, 2.24) is 0 Å². The molecule has 0 amide bonds. The van der Waals surface area contributed by atoms with Crippen LogP contribution in [0, 0.1) is 18.8 Å². The van der Waals surface area contributed by atoms with Crippen LogP contribution in [0.5, 0.6) is 0 Å². The van der Waals surface area contributed by atoms with Crippen molar-refractivity contribution in [2.75, 3.05) is 5.75 Å². The van der Waals surface area contributed by atoms with E-state index in [4.69, 9.17) is 0 Å². The summed E-state index contributed by atoms with van der Waals surface area (Å²) < 4.78 is 12.4. The van der Waals surface area contributed by atoms with E-state index in [1.807, 2.05) is 38.1 Å². The molecule has 1 aliphatic rings. The van der Waals surface area contributed by atoms with E-state index in [-0.39, 0.29) is 12.0 Å². The molecule has 1 N–H and O–H groups in total. The van der Waals surface area contributed by atoms with Crippen molar-refractivity contribution in [3.63, 3.8) is 0 Å². The first kappa shape index (κ1) is 15.7. The van der Waals surface area contributed by atoms with Gasteiger partial charge in [0, 0.05) is 10.6 Å². The van der Waals surface area contributed by atoms with E-state index < -0.39 is 10.8 Å². The quantitative estimate of drug-likeness (QED) is 0.899. The Balaban J connectivity index is 1.91. The van der Waals surface area contributed by atoms with Crippen LogP contribution in [0.25, 0.3) is 0 Å². The molecule has 0 spiro atoms. The third kappa shape index (κ3) is 4.16. The third-order valence-electron chi connectivity index (χ3n) is 4.41. The van der Waals surface area contributed by atoms with Gasteiger partial charge in [0.15, 0.2) is 0 Å². The smallest absolute Gasteiger partial charge is 0.0602 e. The summed E-state index contributed by atoms with van der Waals surface area (Å²) in [4.78, 5) is 0.873. The maximum absolute atomic E-state index is 12.4. The standard InChI is InChI=1S/C17H26O2S/c1-13-8-10-16(11-9-13)20(19)12-14(2)17(18)15-6-4-3-5-7-15/h8-11,14-15,17-18H,3-7,12H2,1-2H3/t14-,17-,20?/m1/s1. The van der Waals surface area contributed by atoms with E-state index >= 15 is 0 Å². The average Bonchev–Trinajstić information content (AvgIpc) is 2.48. The molecule has 2 rings (SSSR count). The van der Waals surface area contributed by atoms with E-state index in [2.05, 4.69) is 0 Å². The Morgan fingerprint density at radius 1 is 1.20 bits per heavy atom. The summed E-state index contributed by atoms with van der Waals surface area (Å²) in [6.07, 6.45) is 5.72. The Hall–Kier alpha value is -0.670. The molecular formula is C17H26O2S. The number of aryl methyl sites for hydroxylation is 1. The van der Waals surface area contributed by atoms with Gasteiger partial charge in [-0.15, -0.1) is 0 Å². The van der Waals surface area contributed by atoms with Gasteiger partial charge >= 0.3 is 0 Å².